The average molecular weight is 332 g/mol. The summed E-state index contributed by atoms with van der Waals surface area (Å²) in [6.45, 7) is 6.38. The van der Waals surface area contributed by atoms with Gasteiger partial charge in [0.1, 0.15) is 22.1 Å². The van der Waals surface area contributed by atoms with Crippen molar-refractivity contribution in [3.63, 3.8) is 0 Å². The number of rotatable bonds is 2. The number of ether oxygens (including phenoxy) is 1. The van der Waals surface area contributed by atoms with Crippen molar-refractivity contribution in [2.45, 2.75) is 43.1 Å². The molecule has 2 atom stereocenters. The number of nitrogens with zero attached hydrogens (tertiary/aromatic N) is 3. The molecule has 0 spiro atoms. The van der Waals surface area contributed by atoms with E-state index < -0.39 is 16.4 Å². The second-order valence-electron chi connectivity index (χ2n) is 5.81. The smallest absolute Gasteiger partial charge is 0.410 e. The van der Waals surface area contributed by atoms with E-state index in [-0.39, 0.29) is 16.5 Å². The number of hydrogen-bond donors (Lipinski definition) is 0. The third-order valence-electron chi connectivity index (χ3n) is 2.91. The van der Waals surface area contributed by atoms with Crippen molar-refractivity contribution >= 4 is 28.5 Å². The van der Waals surface area contributed by atoms with E-state index >= 15 is 0 Å². The standard InChI is InChI=1S/C13H18ClN3O3S/c1-13(2,3)20-12(18)17-5-4-9(7-17)21(19)11-6-10(14)15-8-16-11/h6,8-9H,4-5,7H2,1-3H3/t9-,21?/m1/s1. The van der Waals surface area contributed by atoms with Gasteiger partial charge in [0.25, 0.3) is 0 Å². The van der Waals surface area contributed by atoms with Crippen LogP contribution in [0.4, 0.5) is 4.79 Å². The van der Waals surface area contributed by atoms with E-state index in [2.05, 4.69) is 9.97 Å². The fourth-order valence-corrected chi connectivity index (χ4v) is 3.56. The van der Waals surface area contributed by atoms with E-state index in [1.165, 1.54) is 12.4 Å². The molecule has 1 aliphatic rings. The van der Waals surface area contributed by atoms with Crippen molar-refractivity contribution < 1.29 is 13.7 Å². The van der Waals surface area contributed by atoms with Gasteiger partial charge in [-0.25, -0.2) is 14.8 Å². The molecule has 1 fully saturated rings. The van der Waals surface area contributed by atoms with Gasteiger partial charge in [0.2, 0.25) is 0 Å². The summed E-state index contributed by atoms with van der Waals surface area (Å²) in [5.74, 6) is 0. The zero-order chi connectivity index (χ0) is 15.6. The molecule has 2 rings (SSSR count). The molecule has 1 aromatic heterocycles. The Morgan fingerprint density at radius 2 is 2.19 bits per heavy atom. The van der Waals surface area contributed by atoms with Crippen LogP contribution in [0.5, 0.6) is 0 Å². The molecule has 1 amide bonds. The maximum atomic E-state index is 12.4. The van der Waals surface area contributed by atoms with Gasteiger partial charge in [-0.2, -0.15) is 0 Å². The van der Waals surface area contributed by atoms with Crippen LogP contribution in [-0.4, -0.2) is 49.1 Å². The van der Waals surface area contributed by atoms with Gasteiger partial charge in [-0.15, -0.1) is 0 Å². The van der Waals surface area contributed by atoms with Crippen LogP contribution in [0.2, 0.25) is 5.15 Å². The van der Waals surface area contributed by atoms with Gasteiger partial charge in [-0.05, 0) is 27.2 Å². The molecule has 8 heteroatoms. The predicted molar refractivity (Wildman–Crippen MR) is 79.7 cm³/mol. The van der Waals surface area contributed by atoms with Gasteiger partial charge < -0.3 is 9.64 Å². The van der Waals surface area contributed by atoms with E-state index in [4.69, 9.17) is 16.3 Å². The number of carbonyl (C=O) groups excluding carboxylic acids is 1. The Labute approximate surface area is 131 Å². The minimum absolute atomic E-state index is 0.163. The number of halogens is 1. The molecule has 0 saturated carbocycles. The first-order valence-corrected chi connectivity index (χ1v) is 8.21. The Morgan fingerprint density at radius 1 is 1.48 bits per heavy atom. The second kappa shape index (κ2) is 6.27. The summed E-state index contributed by atoms with van der Waals surface area (Å²) in [6.07, 6.45) is 1.56. The van der Waals surface area contributed by atoms with Crippen molar-refractivity contribution in [1.29, 1.82) is 0 Å². The lowest BCUT2D eigenvalue weighted by molar-refractivity contribution is 0.0295. The lowest BCUT2D eigenvalue weighted by Crippen LogP contribution is -2.36. The lowest BCUT2D eigenvalue weighted by Gasteiger charge is -2.24. The molecule has 1 saturated heterocycles. The van der Waals surface area contributed by atoms with Gasteiger partial charge in [-0.3, -0.25) is 4.21 Å². The van der Waals surface area contributed by atoms with E-state index in [0.29, 0.717) is 24.5 Å². The molecule has 116 valence electrons. The van der Waals surface area contributed by atoms with Gasteiger partial charge in [0.15, 0.2) is 0 Å². The Balaban J connectivity index is 1.99. The number of likely N-dealkylation sites (tertiary alicyclic amines) is 1. The molecule has 0 bridgehead atoms. The summed E-state index contributed by atoms with van der Waals surface area (Å²) in [7, 11) is -1.31. The Bertz CT molecular complexity index is 562. The molecule has 21 heavy (non-hydrogen) atoms. The van der Waals surface area contributed by atoms with Gasteiger partial charge in [0, 0.05) is 19.2 Å². The van der Waals surface area contributed by atoms with Crippen LogP contribution in [0.25, 0.3) is 0 Å². The zero-order valence-corrected chi connectivity index (χ0v) is 13.8. The number of aromatic nitrogens is 2. The molecule has 0 aliphatic carbocycles. The highest BCUT2D eigenvalue weighted by atomic mass is 35.5. The van der Waals surface area contributed by atoms with E-state index in [0.717, 1.165) is 0 Å². The maximum absolute atomic E-state index is 12.4. The van der Waals surface area contributed by atoms with Gasteiger partial charge in [0.05, 0.1) is 16.0 Å². The summed E-state index contributed by atoms with van der Waals surface area (Å²) in [4.78, 5) is 21.3. The molecule has 1 unspecified atom stereocenters. The third-order valence-corrected chi connectivity index (χ3v) is 4.75. The summed E-state index contributed by atoms with van der Waals surface area (Å²) in [5, 5.41) is 0.491. The van der Waals surface area contributed by atoms with Crippen LogP contribution in [0.1, 0.15) is 27.2 Å². The summed E-state index contributed by atoms with van der Waals surface area (Å²) in [6, 6.07) is 1.49. The number of carbonyl (C=O) groups is 1. The first-order chi connectivity index (χ1) is 9.76. The minimum atomic E-state index is -1.31. The quantitative estimate of drug-likeness (QED) is 0.777. The molecule has 1 aliphatic heterocycles. The number of hydrogen-bond acceptors (Lipinski definition) is 5. The fraction of sp³-hybridized carbons (Fsp3) is 0.615. The molecular weight excluding hydrogens is 314 g/mol. The molecule has 0 N–H and O–H groups in total. The molecule has 0 aromatic carbocycles. The van der Waals surface area contributed by atoms with Crippen LogP contribution in [0.3, 0.4) is 0 Å². The maximum Gasteiger partial charge on any atom is 0.410 e. The van der Waals surface area contributed by atoms with Crippen molar-refractivity contribution in [2.75, 3.05) is 13.1 Å². The van der Waals surface area contributed by atoms with Crippen molar-refractivity contribution in [3.05, 3.63) is 17.5 Å². The molecule has 2 heterocycles. The SMILES string of the molecule is CC(C)(C)OC(=O)N1CC[C@@H](S(=O)c2cc(Cl)ncn2)C1. The summed E-state index contributed by atoms with van der Waals surface area (Å²) in [5.41, 5.74) is -0.533. The number of amides is 1. The highest BCUT2D eigenvalue weighted by molar-refractivity contribution is 7.85. The first-order valence-electron chi connectivity index (χ1n) is 6.62. The summed E-state index contributed by atoms with van der Waals surface area (Å²) < 4.78 is 17.8. The van der Waals surface area contributed by atoms with E-state index in [1.807, 2.05) is 20.8 Å². The highest BCUT2D eigenvalue weighted by Gasteiger charge is 2.33. The Morgan fingerprint density at radius 3 is 2.81 bits per heavy atom. The predicted octanol–water partition coefficient (Wildman–Crippen LogP) is 2.25. The zero-order valence-electron chi connectivity index (χ0n) is 12.2. The normalized spacial score (nSPS) is 20.4. The van der Waals surface area contributed by atoms with Crippen LogP contribution < -0.4 is 0 Å². The monoisotopic (exact) mass is 331 g/mol. The van der Waals surface area contributed by atoms with Crippen LogP contribution in [0.15, 0.2) is 17.4 Å². The topological polar surface area (TPSA) is 72.4 Å². The van der Waals surface area contributed by atoms with Gasteiger partial charge >= 0.3 is 6.09 Å². The van der Waals surface area contributed by atoms with Crippen molar-refractivity contribution in [1.82, 2.24) is 14.9 Å². The molecule has 1 aromatic rings. The minimum Gasteiger partial charge on any atom is -0.444 e. The van der Waals surface area contributed by atoms with Crippen LogP contribution in [0, 0.1) is 0 Å². The molecule has 0 radical (unpaired) electrons. The summed E-state index contributed by atoms with van der Waals surface area (Å²) >= 11 is 5.78. The lowest BCUT2D eigenvalue weighted by atomic mass is 10.2. The van der Waals surface area contributed by atoms with Crippen LogP contribution >= 0.6 is 11.6 Å². The first kappa shape index (κ1) is 16.2. The Kier molecular flexibility index (Phi) is 4.83. The van der Waals surface area contributed by atoms with Gasteiger partial charge in [-0.1, -0.05) is 11.6 Å². The Hall–Kier alpha value is -1.21. The second-order valence-corrected chi connectivity index (χ2v) is 7.88. The highest BCUT2D eigenvalue weighted by Crippen LogP contribution is 2.22. The largest absolute Gasteiger partial charge is 0.444 e. The van der Waals surface area contributed by atoms with E-state index in [9.17, 15) is 9.00 Å². The fourth-order valence-electron chi connectivity index (χ4n) is 1.99. The molecular formula is C13H18ClN3O3S. The van der Waals surface area contributed by atoms with E-state index in [1.54, 1.807) is 4.90 Å². The van der Waals surface area contributed by atoms with Crippen LogP contribution in [-0.2, 0) is 15.5 Å². The third kappa shape index (κ3) is 4.38. The molecule has 6 nitrogen and oxygen atoms in total. The van der Waals surface area contributed by atoms with Crippen molar-refractivity contribution in [3.8, 4) is 0 Å². The average Bonchev–Trinajstić information content (AvgIpc) is 2.85. The van der Waals surface area contributed by atoms with Crippen molar-refractivity contribution in [2.24, 2.45) is 0 Å².